The first kappa shape index (κ1) is 30.7. The Balaban J connectivity index is 1.27. The van der Waals surface area contributed by atoms with Crippen LogP contribution in [0.15, 0.2) is 91.7 Å². The Morgan fingerprint density at radius 1 is 1.09 bits per heavy atom. The molecule has 1 fully saturated rings. The van der Waals surface area contributed by atoms with Crippen LogP contribution in [-0.4, -0.2) is 59.4 Å². The lowest BCUT2D eigenvalue weighted by atomic mass is 9.74. The molecule has 0 saturated carbocycles. The average molecular weight is 625 g/mol. The number of esters is 1. The molecule has 236 valence electrons. The molecule has 1 N–H and O–H groups in total. The van der Waals surface area contributed by atoms with Gasteiger partial charge in [-0.05, 0) is 23.3 Å². The maximum absolute atomic E-state index is 13.5. The van der Waals surface area contributed by atoms with Crippen LogP contribution in [0.2, 0.25) is 0 Å². The van der Waals surface area contributed by atoms with E-state index >= 15 is 0 Å². The molecule has 3 aliphatic rings. The molecule has 3 heterocycles. The fraction of sp³-hybridized carbons (Fsp3) is 0.286. The molecular weight excluding hydrogens is 590 g/mol. The second kappa shape index (κ2) is 12.6. The number of hydrogen-bond acceptors (Lipinski definition) is 8. The predicted molar refractivity (Wildman–Crippen MR) is 164 cm³/mol. The third kappa shape index (κ3) is 5.22. The molecule has 1 aromatic heterocycles. The van der Waals surface area contributed by atoms with Crippen LogP contribution in [0.1, 0.15) is 35.3 Å². The maximum Gasteiger partial charge on any atom is 0.355 e. The highest BCUT2D eigenvalue weighted by atomic mass is 17.2. The zero-order valence-electron chi connectivity index (χ0n) is 25.6. The maximum atomic E-state index is 13.5. The molecule has 6 rings (SSSR count). The Morgan fingerprint density at radius 2 is 1.89 bits per heavy atom. The summed E-state index contributed by atoms with van der Waals surface area (Å²) in [5.74, 6) is -3.29. The minimum absolute atomic E-state index is 0.0123. The van der Waals surface area contributed by atoms with E-state index in [1.807, 2.05) is 48.4 Å². The molecule has 1 amide bonds. The van der Waals surface area contributed by atoms with Crippen LogP contribution in [0.4, 0.5) is 0 Å². The predicted octanol–water partition coefficient (Wildman–Crippen LogP) is 3.70. The van der Waals surface area contributed by atoms with Crippen molar-refractivity contribution in [1.29, 1.82) is 0 Å². The quantitative estimate of drug-likeness (QED) is 0.0454. The molecule has 0 spiro atoms. The summed E-state index contributed by atoms with van der Waals surface area (Å²) in [6.45, 7) is 11.1. The van der Waals surface area contributed by atoms with E-state index in [0.29, 0.717) is 34.6 Å². The van der Waals surface area contributed by atoms with E-state index in [2.05, 4.69) is 18.1 Å². The lowest BCUT2D eigenvalue weighted by molar-refractivity contribution is -0.687. The number of nitrogens with zero attached hydrogens (tertiary/aromatic N) is 2. The number of carbonyl (C=O) groups is 4. The molecular formula is C35H34N3O8+. The van der Waals surface area contributed by atoms with Crippen molar-refractivity contribution in [3.05, 3.63) is 108 Å². The number of aromatic nitrogens is 2. The van der Waals surface area contributed by atoms with Gasteiger partial charge in [0.25, 0.3) is 0 Å². The van der Waals surface area contributed by atoms with Crippen molar-refractivity contribution in [2.75, 3.05) is 19.8 Å². The zero-order valence-corrected chi connectivity index (χ0v) is 25.6. The molecule has 1 saturated heterocycles. The molecule has 4 atom stereocenters. The fourth-order valence-corrected chi connectivity index (χ4v) is 6.55. The monoisotopic (exact) mass is 624 g/mol. The molecule has 2 aliphatic heterocycles. The molecule has 46 heavy (non-hydrogen) atoms. The Morgan fingerprint density at radius 3 is 2.63 bits per heavy atom. The van der Waals surface area contributed by atoms with Crippen LogP contribution >= 0.6 is 0 Å². The number of ether oxygens (including phenoxy) is 2. The first-order valence-electron chi connectivity index (χ1n) is 15.0. The van der Waals surface area contributed by atoms with E-state index in [-0.39, 0.29) is 43.1 Å². The third-order valence-corrected chi connectivity index (χ3v) is 8.78. The van der Waals surface area contributed by atoms with Gasteiger partial charge in [0.05, 0.1) is 17.9 Å². The van der Waals surface area contributed by atoms with Gasteiger partial charge in [-0.1, -0.05) is 56.8 Å². The summed E-state index contributed by atoms with van der Waals surface area (Å²) in [5, 5.41) is 0. The van der Waals surface area contributed by atoms with Crippen LogP contribution in [0.3, 0.4) is 0 Å². The lowest BCUT2D eigenvalue weighted by Crippen LogP contribution is -2.63. The third-order valence-electron chi connectivity index (χ3n) is 8.78. The number of fused-ring (bicyclic) bond motifs is 4. The molecule has 0 bridgehead atoms. The molecule has 2 aromatic carbocycles. The number of amides is 1. The number of β-lactam (4-membered cyclic amide) rings is 1. The normalized spacial score (nSPS) is 20.0. The van der Waals surface area contributed by atoms with Gasteiger partial charge in [-0.25, -0.2) is 14.2 Å². The van der Waals surface area contributed by atoms with Gasteiger partial charge in [-0.2, -0.15) is 4.89 Å². The number of rotatable bonds is 13. The van der Waals surface area contributed by atoms with E-state index in [4.69, 9.17) is 19.2 Å². The number of imidazole rings is 1. The van der Waals surface area contributed by atoms with E-state index < -0.39 is 29.8 Å². The van der Waals surface area contributed by atoms with Gasteiger partial charge in [-0.3, -0.25) is 19.5 Å². The van der Waals surface area contributed by atoms with Gasteiger partial charge >= 0.3 is 11.9 Å². The van der Waals surface area contributed by atoms with Crippen LogP contribution < -0.4 is 9.30 Å². The molecule has 11 heteroatoms. The average Bonchev–Trinajstić information content (AvgIpc) is 3.73. The minimum atomic E-state index is -0.827. The summed E-state index contributed by atoms with van der Waals surface area (Å²) in [6.07, 6.45) is 8.47. The topological polar surface area (TPSA) is 128 Å². The molecule has 0 radical (unpaired) electrons. The van der Waals surface area contributed by atoms with E-state index in [0.717, 1.165) is 11.1 Å². The lowest BCUT2D eigenvalue weighted by Gasteiger charge is -2.47. The van der Waals surface area contributed by atoms with Crippen molar-refractivity contribution >= 4 is 23.6 Å². The molecule has 1 aliphatic carbocycles. The Bertz CT molecular complexity index is 1780. The Hall–Kier alpha value is -5.29. The first-order chi connectivity index (χ1) is 22.3. The summed E-state index contributed by atoms with van der Waals surface area (Å²) in [4.78, 5) is 67.0. The highest BCUT2D eigenvalue weighted by molar-refractivity contribution is 6.22. The standard InChI is InChI=1S/C35H33N3O8/c1-5-14-43-35(42)31-26(20(3)30-28(33(40)38(30)31)21(4)34(41)46-45-15-6-2)18-44-27-9-7-8-24-29(27)23-11-10-22(16-25(23)32(24)39)17-37-13-12-36-19-37/h5-13,16,19-21,28,30H,1-2,14-15,17-18H2,3-4H3/p+1/t20-,21?,28?,30?/m0/s1. The highest BCUT2D eigenvalue weighted by Gasteiger charge is 2.61. The van der Waals surface area contributed by atoms with Gasteiger partial charge in [0.1, 0.15) is 50.2 Å². The minimum Gasteiger partial charge on any atom is -0.488 e. The Kier molecular flexibility index (Phi) is 8.42. The van der Waals surface area contributed by atoms with Crippen LogP contribution in [0, 0.1) is 17.8 Å². The second-order valence-electron chi connectivity index (χ2n) is 11.5. The van der Waals surface area contributed by atoms with Gasteiger partial charge in [0.2, 0.25) is 12.2 Å². The van der Waals surface area contributed by atoms with Crippen LogP contribution in [0.5, 0.6) is 5.75 Å². The SMILES string of the molecule is C=CCOOC(=O)C(C)C1C(=O)N2C(C(=O)OCC=C)=C(COc3cccc4c3-c3ccc(C[n+]5cc[nH]c5)cc3C4=O)[C@H](C)C12. The number of H-pyrrole nitrogens is 1. The van der Waals surface area contributed by atoms with Crippen molar-refractivity contribution < 1.29 is 43.0 Å². The molecule has 3 unspecified atom stereocenters. The summed E-state index contributed by atoms with van der Waals surface area (Å²) >= 11 is 0. The van der Waals surface area contributed by atoms with Gasteiger partial charge < -0.3 is 14.4 Å². The number of aromatic amines is 1. The smallest absolute Gasteiger partial charge is 0.355 e. The van der Waals surface area contributed by atoms with Crippen molar-refractivity contribution in [2.45, 2.75) is 26.4 Å². The summed E-state index contributed by atoms with van der Waals surface area (Å²) < 4.78 is 13.7. The van der Waals surface area contributed by atoms with Crippen molar-refractivity contribution in [3.63, 3.8) is 0 Å². The van der Waals surface area contributed by atoms with E-state index in [9.17, 15) is 19.2 Å². The van der Waals surface area contributed by atoms with Gasteiger partial charge in [0.15, 0.2) is 5.78 Å². The Labute approximate surface area is 265 Å². The molecule has 11 nitrogen and oxygen atoms in total. The van der Waals surface area contributed by atoms with Gasteiger partial charge in [0, 0.05) is 28.2 Å². The van der Waals surface area contributed by atoms with Gasteiger partial charge in [-0.15, -0.1) is 6.58 Å². The summed E-state index contributed by atoms with van der Waals surface area (Å²) in [7, 11) is 0. The zero-order chi connectivity index (χ0) is 32.5. The number of hydrogen-bond donors (Lipinski definition) is 1. The van der Waals surface area contributed by atoms with Crippen molar-refractivity contribution in [1.82, 2.24) is 9.88 Å². The van der Waals surface area contributed by atoms with Crippen LogP contribution in [0.25, 0.3) is 11.1 Å². The van der Waals surface area contributed by atoms with E-state index in [1.165, 1.54) is 17.1 Å². The highest BCUT2D eigenvalue weighted by Crippen LogP contribution is 2.50. The number of nitrogens with one attached hydrogen (secondary N) is 1. The molecule has 3 aromatic rings. The largest absolute Gasteiger partial charge is 0.488 e. The second-order valence-corrected chi connectivity index (χ2v) is 11.5. The van der Waals surface area contributed by atoms with Crippen molar-refractivity contribution in [3.8, 4) is 16.9 Å². The van der Waals surface area contributed by atoms with Crippen LogP contribution in [-0.2, 0) is 35.4 Å². The summed E-state index contributed by atoms with van der Waals surface area (Å²) in [6, 6.07) is 10.6. The summed E-state index contributed by atoms with van der Waals surface area (Å²) in [5.41, 5.74) is 4.20. The fourth-order valence-electron chi connectivity index (χ4n) is 6.55. The van der Waals surface area contributed by atoms with Crippen molar-refractivity contribution in [2.24, 2.45) is 17.8 Å². The number of benzene rings is 2. The van der Waals surface area contributed by atoms with E-state index in [1.54, 1.807) is 25.1 Å². The number of ketones is 1. The first-order valence-corrected chi connectivity index (χ1v) is 15.0. The number of carbonyl (C=O) groups excluding carboxylic acids is 4.